The highest BCUT2D eigenvalue weighted by Gasteiger charge is 2.07. The van der Waals surface area contributed by atoms with Gasteiger partial charge in [0, 0.05) is 9.26 Å². The fraction of sp³-hybridized carbons (Fsp3) is 0.300. The normalized spacial score (nSPS) is 9.86. The first-order chi connectivity index (χ1) is 6.65. The SMILES string of the molecule is CCCc1c(I)cccc1NC(=O)O. The first-order valence-electron chi connectivity index (χ1n) is 4.42. The predicted octanol–water partition coefficient (Wildman–Crippen LogP) is 3.33. The van der Waals surface area contributed by atoms with Crippen LogP contribution in [0.1, 0.15) is 18.9 Å². The van der Waals surface area contributed by atoms with Crippen LogP contribution in [0.4, 0.5) is 10.5 Å². The van der Waals surface area contributed by atoms with Crippen LogP contribution in [0.2, 0.25) is 0 Å². The third-order valence-corrected chi connectivity index (χ3v) is 2.87. The van der Waals surface area contributed by atoms with Crippen LogP contribution in [0.15, 0.2) is 18.2 Å². The topological polar surface area (TPSA) is 49.3 Å². The maximum Gasteiger partial charge on any atom is 0.409 e. The Morgan fingerprint density at radius 3 is 2.86 bits per heavy atom. The van der Waals surface area contributed by atoms with E-state index in [0.717, 1.165) is 22.0 Å². The summed E-state index contributed by atoms with van der Waals surface area (Å²) in [5.74, 6) is 0. The van der Waals surface area contributed by atoms with Gasteiger partial charge in [-0.1, -0.05) is 19.4 Å². The highest BCUT2D eigenvalue weighted by molar-refractivity contribution is 14.1. The average molecular weight is 305 g/mol. The highest BCUT2D eigenvalue weighted by atomic mass is 127. The van der Waals surface area contributed by atoms with E-state index in [1.54, 1.807) is 6.07 Å². The van der Waals surface area contributed by atoms with Crippen molar-refractivity contribution in [3.05, 3.63) is 27.3 Å². The molecule has 4 heteroatoms. The van der Waals surface area contributed by atoms with Gasteiger partial charge in [0.25, 0.3) is 0 Å². The smallest absolute Gasteiger partial charge is 0.409 e. The zero-order valence-electron chi connectivity index (χ0n) is 7.88. The van der Waals surface area contributed by atoms with E-state index in [0.29, 0.717) is 5.69 Å². The number of benzene rings is 1. The number of hydrogen-bond acceptors (Lipinski definition) is 1. The van der Waals surface area contributed by atoms with Crippen LogP contribution >= 0.6 is 22.6 Å². The molecule has 0 heterocycles. The molecule has 0 atom stereocenters. The minimum Gasteiger partial charge on any atom is -0.465 e. The van der Waals surface area contributed by atoms with Crippen molar-refractivity contribution >= 4 is 34.4 Å². The summed E-state index contributed by atoms with van der Waals surface area (Å²) < 4.78 is 1.11. The van der Waals surface area contributed by atoms with Gasteiger partial charge in [0.2, 0.25) is 0 Å². The van der Waals surface area contributed by atoms with E-state index in [1.165, 1.54) is 0 Å². The molecule has 0 aliphatic carbocycles. The van der Waals surface area contributed by atoms with E-state index < -0.39 is 6.09 Å². The monoisotopic (exact) mass is 305 g/mol. The lowest BCUT2D eigenvalue weighted by Crippen LogP contribution is -2.10. The van der Waals surface area contributed by atoms with Crippen LogP contribution in [0.5, 0.6) is 0 Å². The molecule has 14 heavy (non-hydrogen) atoms. The summed E-state index contributed by atoms with van der Waals surface area (Å²) in [4.78, 5) is 10.5. The predicted molar refractivity (Wildman–Crippen MR) is 64.8 cm³/mol. The molecule has 0 unspecified atom stereocenters. The van der Waals surface area contributed by atoms with Gasteiger partial charge in [-0.05, 0) is 46.7 Å². The van der Waals surface area contributed by atoms with Gasteiger partial charge in [0.05, 0.1) is 0 Å². The second-order valence-corrected chi connectivity index (χ2v) is 4.11. The van der Waals surface area contributed by atoms with Gasteiger partial charge in [0.15, 0.2) is 0 Å². The molecule has 0 saturated carbocycles. The lowest BCUT2D eigenvalue weighted by molar-refractivity contribution is 0.209. The molecule has 0 aromatic heterocycles. The Balaban J connectivity index is 3.01. The third-order valence-electron chi connectivity index (χ3n) is 1.86. The Hall–Kier alpha value is -0.780. The Morgan fingerprint density at radius 2 is 2.29 bits per heavy atom. The summed E-state index contributed by atoms with van der Waals surface area (Å²) in [5, 5.41) is 11.0. The van der Waals surface area contributed by atoms with E-state index in [4.69, 9.17) is 5.11 Å². The summed E-state index contributed by atoms with van der Waals surface area (Å²) in [5.41, 5.74) is 1.78. The van der Waals surface area contributed by atoms with Gasteiger partial charge in [-0.2, -0.15) is 0 Å². The van der Waals surface area contributed by atoms with Gasteiger partial charge in [-0.15, -0.1) is 0 Å². The van der Waals surface area contributed by atoms with Crippen molar-refractivity contribution < 1.29 is 9.90 Å². The fourth-order valence-electron chi connectivity index (χ4n) is 1.30. The van der Waals surface area contributed by atoms with E-state index >= 15 is 0 Å². The van der Waals surface area contributed by atoms with Crippen molar-refractivity contribution in [2.45, 2.75) is 19.8 Å². The van der Waals surface area contributed by atoms with Gasteiger partial charge >= 0.3 is 6.09 Å². The fourth-order valence-corrected chi connectivity index (χ4v) is 2.06. The van der Waals surface area contributed by atoms with Crippen molar-refractivity contribution in [1.29, 1.82) is 0 Å². The summed E-state index contributed by atoms with van der Waals surface area (Å²) in [7, 11) is 0. The second-order valence-electron chi connectivity index (χ2n) is 2.95. The number of amides is 1. The first-order valence-corrected chi connectivity index (χ1v) is 5.50. The summed E-state index contributed by atoms with van der Waals surface area (Å²) in [6.07, 6.45) is 0.896. The van der Waals surface area contributed by atoms with Crippen molar-refractivity contribution in [3.8, 4) is 0 Å². The molecule has 0 saturated heterocycles. The molecule has 1 rings (SSSR count). The quantitative estimate of drug-likeness (QED) is 0.842. The lowest BCUT2D eigenvalue weighted by atomic mass is 10.1. The average Bonchev–Trinajstić information content (AvgIpc) is 2.10. The molecule has 0 spiro atoms. The zero-order chi connectivity index (χ0) is 10.6. The molecular weight excluding hydrogens is 293 g/mol. The summed E-state index contributed by atoms with van der Waals surface area (Å²) >= 11 is 2.22. The number of carboxylic acid groups (broad SMARTS) is 1. The molecule has 0 aliphatic heterocycles. The summed E-state index contributed by atoms with van der Waals surface area (Å²) in [6.45, 7) is 2.08. The van der Waals surface area contributed by atoms with Crippen molar-refractivity contribution in [2.24, 2.45) is 0 Å². The lowest BCUT2D eigenvalue weighted by Gasteiger charge is -2.09. The molecule has 0 radical (unpaired) electrons. The zero-order valence-corrected chi connectivity index (χ0v) is 10.0. The molecule has 1 aromatic carbocycles. The molecule has 0 fully saturated rings. The van der Waals surface area contributed by atoms with Gasteiger partial charge in [0.1, 0.15) is 0 Å². The standard InChI is InChI=1S/C10H12INO2/c1-2-4-7-8(11)5-3-6-9(7)12-10(13)14/h3,5-6,12H,2,4H2,1H3,(H,13,14). The largest absolute Gasteiger partial charge is 0.465 e. The molecule has 0 aliphatic rings. The number of rotatable bonds is 3. The van der Waals surface area contributed by atoms with E-state index in [2.05, 4.69) is 34.8 Å². The van der Waals surface area contributed by atoms with E-state index in [-0.39, 0.29) is 0 Å². The third kappa shape index (κ3) is 2.87. The minimum atomic E-state index is -1.01. The van der Waals surface area contributed by atoms with E-state index in [9.17, 15) is 4.79 Å². The van der Waals surface area contributed by atoms with E-state index in [1.807, 2.05) is 12.1 Å². The molecule has 2 N–H and O–H groups in total. The van der Waals surface area contributed by atoms with Gasteiger partial charge in [-0.25, -0.2) is 4.79 Å². The molecule has 0 bridgehead atoms. The Bertz CT molecular complexity index is 339. The molecule has 1 amide bonds. The molecule has 3 nitrogen and oxygen atoms in total. The number of anilines is 1. The summed E-state index contributed by atoms with van der Waals surface area (Å²) in [6, 6.07) is 5.63. The van der Waals surface area contributed by atoms with Crippen molar-refractivity contribution in [2.75, 3.05) is 5.32 Å². The van der Waals surface area contributed by atoms with Gasteiger partial charge < -0.3 is 5.11 Å². The minimum absolute atomic E-state index is 0.700. The van der Waals surface area contributed by atoms with Crippen molar-refractivity contribution in [3.63, 3.8) is 0 Å². The van der Waals surface area contributed by atoms with Gasteiger partial charge in [-0.3, -0.25) is 5.32 Å². The van der Waals surface area contributed by atoms with Crippen LogP contribution in [0.25, 0.3) is 0 Å². The number of halogens is 1. The molecule has 1 aromatic rings. The number of nitrogens with one attached hydrogen (secondary N) is 1. The van der Waals surface area contributed by atoms with Crippen LogP contribution in [-0.2, 0) is 6.42 Å². The highest BCUT2D eigenvalue weighted by Crippen LogP contribution is 2.23. The van der Waals surface area contributed by atoms with Crippen molar-refractivity contribution in [1.82, 2.24) is 0 Å². The Morgan fingerprint density at radius 1 is 1.57 bits per heavy atom. The number of carbonyl (C=O) groups is 1. The van der Waals surface area contributed by atoms with Crippen LogP contribution < -0.4 is 5.32 Å². The molecule has 76 valence electrons. The maximum atomic E-state index is 10.5. The molecular formula is C10H12INO2. The first kappa shape index (κ1) is 11.3. The van der Waals surface area contributed by atoms with Crippen LogP contribution in [-0.4, -0.2) is 11.2 Å². The Kier molecular flexibility index (Phi) is 4.19. The maximum absolute atomic E-state index is 10.5. The Labute approximate surface area is 96.7 Å². The van der Waals surface area contributed by atoms with Crippen LogP contribution in [0, 0.1) is 3.57 Å². The number of hydrogen-bond donors (Lipinski definition) is 2. The van der Waals surface area contributed by atoms with Crippen LogP contribution in [0.3, 0.4) is 0 Å². The second kappa shape index (κ2) is 5.19.